The van der Waals surface area contributed by atoms with Gasteiger partial charge in [-0.3, -0.25) is 14.9 Å². The fourth-order valence-electron chi connectivity index (χ4n) is 3.39. The number of rotatable bonds is 6. The summed E-state index contributed by atoms with van der Waals surface area (Å²) in [5.41, 5.74) is 1.94. The first kappa shape index (κ1) is 18.6. The monoisotopic (exact) mass is 390 g/mol. The van der Waals surface area contributed by atoms with E-state index >= 15 is 0 Å². The van der Waals surface area contributed by atoms with Crippen molar-refractivity contribution in [2.75, 3.05) is 6.54 Å². The van der Waals surface area contributed by atoms with Crippen LogP contribution in [0.4, 0.5) is 5.69 Å². The topological polar surface area (TPSA) is 106 Å². The van der Waals surface area contributed by atoms with Gasteiger partial charge in [0.2, 0.25) is 5.91 Å². The molecule has 7 nitrogen and oxygen atoms in total. The van der Waals surface area contributed by atoms with E-state index in [4.69, 9.17) is 4.42 Å². The van der Waals surface area contributed by atoms with Crippen molar-refractivity contribution >= 4 is 33.3 Å². The molecular formula is C22H18N2O5. The van der Waals surface area contributed by atoms with Crippen molar-refractivity contribution in [2.24, 2.45) is 0 Å². The van der Waals surface area contributed by atoms with Crippen LogP contribution in [0.3, 0.4) is 0 Å². The molecule has 3 aromatic carbocycles. The molecule has 0 aliphatic heterocycles. The molecule has 0 saturated carbocycles. The maximum atomic E-state index is 12.4. The highest BCUT2D eigenvalue weighted by Crippen LogP contribution is 2.30. The Labute approximate surface area is 165 Å². The first-order valence-corrected chi connectivity index (χ1v) is 9.10. The lowest BCUT2D eigenvalue weighted by molar-refractivity contribution is -0.384. The van der Waals surface area contributed by atoms with Crippen LogP contribution in [0.15, 0.2) is 71.3 Å². The van der Waals surface area contributed by atoms with Crippen LogP contribution < -0.4 is 5.32 Å². The number of furan rings is 1. The van der Waals surface area contributed by atoms with Crippen LogP contribution in [0.5, 0.6) is 0 Å². The van der Waals surface area contributed by atoms with Gasteiger partial charge in [0.1, 0.15) is 5.58 Å². The molecule has 0 radical (unpaired) electrons. The van der Waals surface area contributed by atoms with Crippen molar-refractivity contribution in [3.63, 3.8) is 0 Å². The predicted molar refractivity (Wildman–Crippen MR) is 108 cm³/mol. The van der Waals surface area contributed by atoms with Crippen molar-refractivity contribution in [3.8, 4) is 0 Å². The molecule has 146 valence electrons. The van der Waals surface area contributed by atoms with E-state index in [1.807, 2.05) is 36.4 Å². The fourth-order valence-corrected chi connectivity index (χ4v) is 3.39. The standard InChI is InChI=1S/C22H18N2O5/c25-19(15-5-8-17(9-6-15)24(27)28)12-23-21(26)11-16-13-29-20-10-7-14-3-1-2-4-18(14)22(16)20/h1-10,13,19,25H,11-12H2,(H,23,26). The Bertz CT molecular complexity index is 1200. The van der Waals surface area contributed by atoms with Crippen LogP contribution in [0.1, 0.15) is 17.2 Å². The second-order valence-corrected chi connectivity index (χ2v) is 6.77. The van der Waals surface area contributed by atoms with Crippen LogP contribution in [0.2, 0.25) is 0 Å². The summed E-state index contributed by atoms with van der Waals surface area (Å²) < 4.78 is 5.60. The molecular weight excluding hydrogens is 372 g/mol. The van der Waals surface area contributed by atoms with Gasteiger partial charge in [0.25, 0.3) is 5.69 Å². The summed E-state index contributed by atoms with van der Waals surface area (Å²) in [7, 11) is 0. The van der Waals surface area contributed by atoms with Gasteiger partial charge in [-0.05, 0) is 34.5 Å². The third-order valence-electron chi connectivity index (χ3n) is 4.87. The third kappa shape index (κ3) is 3.81. The second kappa shape index (κ2) is 7.73. The molecule has 0 aliphatic carbocycles. The molecule has 0 bridgehead atoms. The molecule has 1 amide bonds. The predicted octanol–water partition coefficient (Wildman–Crippen LogP) is 3.89. The number of aliphatic hydroxyl groups is 1. The van der Waals surface area contributed by atoms with E-state index in [2.05, 4.69) is 5.32 Å². The number of aliphatic hydroxyl groups excluding tert-OH is 1. The van der Waals surface area contributed by atoms with Crippen LogP contribution in [0.25, 0.3) is 21.7 Å². The average molecular weight is 390 g/mol. The fraction of sp³-hybridized carbons (Fsp3) is 0.136. The Balaban J connectivity index is 1.45. The minimum absolute atomic E-state index is 0.00712. The van der Waals surface area contributed by atoms with Gasteiger partial charge in [-0.1, -0.05) is 30.3 Å². The van der Waals surface area contributed by atoms with Crippen LogP contribution in [0, 0.1) is 10.1 Å². The molecule has 4 rings (SSSR count). The quantitative estimate of drug-likeness (QED) is 0.384. The SMILES string of the molecule is O=C(Cc1coc2ccc3ccccc3c12)NCC(O)c1ccc([N+](=O)[O-])cc1. The number of nitrogens with one attached hydrogen (secondary N) is 1. The first-order chi connectivity index (χ1) is 14.0. The van der Waals surface area contributed by atoms with Crippen molar-refractivity contribution in [3.05, 3.63) is 88.2 Å². The largest absolute Gasteiger partial charge is 0.464 e. The molecule has 29 heavy (non-hydrogen) atoms. The highest BCUT2D eigenvalue weighted by Gasteiger charge is 2.15. The van der Waals surface area contributed by atoms with Crippen molar-refractivity contribution in [2.45, 2.75) is 12.5 Å². The maximum absolute atomic E-state index is 12.4. The molecule has 0 saturated heterocycles. The number of carbonyl (C=O) groups is 1. The van der Waals surface area contributed by atoms with Crippen LogP contribution in [-0.4, -0.2) is 22.5 Å². The minimum Gasteiger partial charge on any atom is -0.464 e. The molecule has 1 atom stereocenters. The number of fused-ring (bicyclic) bond motifs is 3. The summed E-state index contributed by atoms with van der Waals surface area (Å²) in [6, 6.07) is 17.4. The van der Waals surface area contributed by atoms with E-state index in [-0.39, 0.29) is 24.6 Å². The second-order valence-electron chi connectivity index (χ2n) is 6.77. The highest BCUT2D eigenvalue weighted by atomic mass is 16.6. The average Bonchev–Trinajstić information content (AvgIpc) is 3.15. The Hall–Kier alpha value is -3.71. The van der Waals surface area contributed by atoms with Gasteiger partial charge in [-0.15, -0.1) is 0 Å². The molecule has 1 heterocycles. The van der Waals surface area contributed by atoms with Crippen molar-refractivity contribution < 1.29 is 19.2 Å². The zero-order valence-corrected chi connectivity index (χ0v) is 15.4. The zero-order chi connectivity index (χ0) is 20.4. The molecule has 1 aromatic heterocycles. The molecule has 4 aromatic rings. The number of hydrogen-bond acceptors (Lipinski definition) is 5. The number of nitro groups is 1. The van der Waals surface area contributed by atoms with Crippen LogP contribution in [-0.2, 0) is 11.2 Å². The van der Waals surface area contributed by atoms with Gasteiger partial charge in [0.15, 0.2) is 0 Å². The normalized spacial score (nSPS) is 12.2. The van der Waals surface area contributed by atoms with E-state index < -0.39 is 11.0 Å². The Kier molecular flexibility index (Phi) is 4.97. The Morgan fingerprint density at radius 1 is 1.10 bits per heavy atom. The molecule has 7 heteroatoms. The number of hydrogen-bond donors (Lipinski definition) is 2. The van der Waals surface area contributed by atoms with Gasteiger partial charge in [-0.2, -0.15) is 0 Å². The molecule has 1 unspecified atom stereocenters. The lowest BCUT2D eigenvalue weighted by atomic mass is 10.0. The smallest absolute Gasteiger partial charge is 0.269 e. The number of nitrogens with zero attached hydrogens (tertiary/aromatic N) is 1. The molecule has 0 spiro atoms. The molecule has 0 aliphatic rings. The van der Waals surface area contributed by atoms with E-state index in [1.54, 1.807) is 6.26 Å². The summed E-state index contributed by atoms with van der Waals surface area (Å²) >= 11 is 0. The van der Waals surface area contributed by atoms with Crippen molar-refractivity contribution in [1.29, 1.82) is 0 Å². The van der Waals surface area contributed by atoms with E-state index in [1.165, 1.54) is 24.3 Å². The van der Waals surface area contributed by atoms with Crippen LogP contribution >= 0.6 is 0 Å². The van der Waals surface area contributed by atoms with E-state index in [9.17, 15) is 20.0 Å². The third-order valence-corrected chi connectivity index (χ3v) is 4.87. The minimum atomic E-state index is -0.957. The first-order valence-electron chi connectivity index (χ1n) is 9.10. The number of nitro benzene ring substituents is 1. The Morgan fingerprint density at radius 2 is 1.86 bits per heavy atom. The maximum Gasteiger partial charge on any atom is 0.269 e. The summed E-state index contributed by atoms with van der Waals surface area (Å²) in [5, 5.41) is 26.6. The Morgan fingerprint density at radius 3 is 2.62 bits per heavy atom. The lowest BCUT2D eigenvalue weighted by Crippen LogP contribution is -2.29. The highest BCUT2D eigenvalue weighted by molar-refractivity contribution is 6.08. The lowest BCUT2D eigenvalue weighted by Gasteiger charge is -2.12. The number of non-ortho nitro benzene ring substituents is 1. The number of amides is 1. The van der Waals surface area contributed by atoms with Gasteiger partial charge in [0.05, 0.1) is 23.7 Å². The van der Waals surface area contributed by atoms with Gasteiger partial charge >= 0.3 is 0 Å². The van der Waals surface area contributed by atoms with Gasteiger partial charge in [-0.25, -0.2) is 0 Å². The van der Waals surface area contributed by atoms with Crippen molar-refractivity contribution in [1.82, 2.24) is 5.32 Å². The van der Waals surface area contributed by atoms with Gasteiger partial charge < -0.3 is 14.8 Å². The summed E-state index contributed by atoms with van der Waals surface area (Å²) in [5.74, 6) is -0.249. The summed E-state index contributed by atoms with van der Waals surface area (Å²) in [6.07, 6.45) is 0.749. The zero-order valence-electron chi connectivity index (χ0n) is 15.4. The van der Waals surface area contributed by atoms with E-state index in [0.29, 0.717) is 5.56 Å². The van der Waals surface area contributed by atoms with E-state index in [0.717, 1.165) is 27.3 Å². The molecule has 2 N–H and O–H groups in total. The van der Waals surface area contributed by atoms with Gasteiger partial charge in [0, 0.05) is 29.6 Å². The summed E-state index contributed by atoms with van der Waals surface area (Å²) in [4.78, 5) is 22.6. The number of carbonyl (C=O) groups excluding carboxylic acids is 1. The summed E-state index contributed by atoms with van der Waals surface area (Å²) in [6.45, 7) is 0.00712. The number of benzene rings is 3. The molecule has 0 fully saturated rings.